The molecule has 0 atom stereocenters. The zero-order valence-electron chi connectivity index (χ0n) is 17.2. The maximum absolute atomic E-state index is 12.4. The minimum absolute atomic E-state index is 0.157. The summed E-state index contributed by atoms with van der Waals surface area (Å²) >= 11 is 0. The van der Waals surface area contributed by atoms with E-state index in [1.807, 2.05) is 61.5 Å². The van der Waals surface area contributed by atoms with E-state index in [1.54, 1.807) is 13.2 Å². The second kappa shape index (κ2) is 10.4. The minimum Gasteiger partial charge on any atom is -0.489 e. The predicted octanol–water partition coefficient (Wildman–Crippen LogP) is 3.93. The number of carbonyl (C=O) groups excluding carboxylic acids is 2. The Balaban J connectivity index is 1.52. The van der Waals surface area contributed by atoms with Crippen molar-refractivity contribution in [2.24, 2.45) is 0 Å². The lowest BCUT2D eigenvalue weighted by Crippen LogP contribution is -2.27. The summed E-state index contributed by atoms with van der Waals surface area (Å²) in [6.07, 6.45) is 0.157. The molecule has 0 aromatic heterocycles. The Bertz CT molecular complexity index is 1030. The van der Waals surface area contributed by atoms with Crippen LogP contribution in [0, 0.1) is 6.92 Å². The first kappa shape index (κ1) is 21.3. The lowest BCUT2D eigenvalue weighted by molar-refractivity contribution is -0.116. The van der Waals surface area contributed by atoms with Gasteiger partial charge in [0.05, 0.1) is 12.3 Å². The van der Waals surface area contributed by atoms with Crippen LogP contribution in [0.1, 0.15) is 22.3 Å². The minimum atomic E-state index is -0.201. The summed E-state index contributed by atoms with van der Waals surface area (Å²) in [6.45, 7) is 3.05. The summed E-state index contributed by atoms with van der Waals surface area (Å²) in [5.41, 5.74) is 2.20. The molecule has 0 spiro atoms. The molecule has 0 heterocycles. The Labute approximate surface area is 176 Å². The molecule has 3 aromatic carbocycles. The summed E-state index contributed by atoms with van der Waals surface area (Å²) in [5.74, 6) is 0.197. The first-order valence-electron chi connectivity index (χ1n) is 9.86. The first-order valence-corrected chi connectivity index (χ1v) is 9.86. The van der Waals surface area contributed by atoms with Crippen LogP contribution in [0.2, 0.25) is 0 Å². The predicted molar refractivity (Wildman–Crippen MR) is 118 cm³/mol. The summed E-state index contributed by atoms with van der Waals surface area (Å²) in [4.78, 5) is 24.7. The van der Waals surface area contributed by atoms with Crippen molar-refractivity contribution in [1.29, 1.82) is 0 Å². The van der Waals surface area contributed by atoms with E-state index >= 15 is 0 Å². The zero-order valence-corrected chi connectivity index (χ0v) is 17.2. The Hall–Kier alpha value is -3.38. The van der Waals surface area contributed by atoms with Crippen LogP contribution in [0.4, 0.5) is 5.69 Å². The van der Waals surface area contributed by atoms with Crippen molar-refractivity contribution in [1.82, 2.24) is 5.32 Å². The smallest absolute Gasteiger partial charge is 0.251 e. The van der Waals surface area contributed by atoms with Gasteiger partial charge >= 0.3 is 0 Å². The number of aryl methyl sites for hydroxylation is 1. The lowest BCUT2D eigenvalue weighted by atomic mass is 10.1. The van der Waals surface area contributed by atoms with Gasteiger partial charge in [-0.1, -0.05) is 36.4 Å². The number of carbonyl (C=O) groups is 2. The van der Waals surface area contributed by atoms with Gasteiger partial charge < -0.3 is 20.1 Å². The average molecular weight is 406 g/mol. The van der Waals surface area contributed by atoms with Crippen molar-refractivity contribution in [2.45, 2.75) is 13.3 Å². The average Bonchev–Trinajstić information content (AvgIpc) is 2.75. The van der Waals surface area contributed by atoms with Crippen LogP contribution >= 0.6 is 0 Å². The molecule has 0 aliphatic heterocycles. The van der Waals surface area contributed by atoms with Crippen molar-refractivity contribution >= 4 is 28.3 Å². The number of hydrogen-bond donors (Lipinski definition) is 2. The fourth-order valence-electron chi connectivity index (χ4n) is 3.02. The van der Waals surface area contributed by atoms with Gasteiger partial charge in [-0.15, -0.1) is 0 Å². The molecular formula is C24H26N2O4. The molecule has 0 radical (unpaired) electrons. The Morgan fingerprint density at radius 3 is 2.53 bits per heavy atom. The zero-order chi connectivity index (χ0) is 21.3. The second-order valence-electron chi connectivity index (χ2n) is 6.96. The van der Waals surface area contributed by atoms with Gasteiger partial charge in [0, 0.05) is 25.6 Å². The van der Waals surface area contributed by atoms with E-state index in [4.69, 9.17) is 9.47 Å². The number of rotatable bonds is 9. The number of amides is 2. The van der Waals surface area contributed by atoms with Crippen LogP contribution in [-0.2, 0) is 9.53 Å². The lowest BCUT2D eigenvalue weighted by Gasteiger charge is -2.13. The molecule has 0 fully saturated rings. The van der Waals surface area contributed by atoms with Gasteiger partial charge in [0.1, 0.15) is 12.4 Å². The molecule has 3 rings (SSSR count). The summed E-state index contributed by atoms with van der Waals surface area (Å²) < 4.78 is 10.7. The monoisotopic (exact) mass is 406 g/mol. The van der Waals surface area contributed by atoms with Crippen LogP contribution in [0.5, 0.6) is 5.75 Å². The van der Waals surface area contributed by atoms with Gasteiger partial charge in [-0.25, -0.2) is 0 Å². The van der Waals surface area contributed by atoms with Crippen molar-refractivity contribution in [3.05, 3.63) is 71.8 Å². The highest BCUT2D eigenvalue weighted by Crippen LogP contribution is 2.26. The number of ether oxygens (including phenoxy) is 2. The van der Waals surface area contributed by atoms with Crippen molar-refractivity contribution in [3.8, 4) is 5.75 Å². The van der Waals surface area contributed by atoms with Crippen molar-refractivity contribution in [2.75, 3.05) is 32.2 Å². The molecule has 0 saturated carbocycles. The molecule has 0 unspecified atom stereocenters. The van der Waals surface area contributed by atoms with Crippen LogP contribution < -0.4 is 15.4 Å². The van der Waals surface area contributed by atoms with E-state index < -0.39 is 0 Å². The van der Waals surface area contributed by atoms with Crippen molar-refractivity contribution < 1.29 is 19.1 Å². The molecule has 3 aromatic rings. The van der Waals surface area contributed by atoms with Gasteiger partial charge in [0.2, 0.25) is 5.91 Å². The molecule has 0 aliphatic rings. The molecule has 6 heteroatoms. The van der Waals surface area contributed by atoms with Gasteiger partial charge in [-0.2, -0.15) is 0 Å². The van der Waals surface area contributed by atoms with E-state index in [0.717, 1.165) is 16.3 Å². The fraction of sp³-hybridized carbons (Fsp3) is 0.250. The SMILES string of the molecule is COCCOc1cc(C)ccc1NC(=O)CCNC(=O)c1ccc2ccccc2c1. The largest absolute Gasteiger partial charge is 0.489 e. The molecule has 2 N–H and O–H groups in total. The summed E-state index contributed by atoms with van der Waals surface area (Å²) in [5, 5.41) is 7.73. The highest BCUT2D eigenvalue weighted by molar-refractivity contribution is 5.99. The highest BCUT2D eigenvalue weighted by atomic mass is 16.5. The number of fused-ring (bicyclic) bond motifs is 1. The molecule has 6 nitrogen and oxygen atoms in total. The Morgan fingerprint density at radius 2 is 1.73 bits per heavy atom. The summed E-state index contributed by atoms with van der Waals surface area (Å²) in [7, 11) is 1.61. The topological polar surface area (TPSA) is 76.7 Å². The van der Waals surface area contributed by atoms with Crippen LogP contribution in [0.25, 0.3) is 10.8 Å². The fourth-order valence-corrected chi connectivity index (χ4v) is 3.02. The van der Waals surface area contributed by atoms with E-state index in [9.17, 15) is 9.59 Å². The third kappa shape index (κ3) is 5.81. The van der Waals surface area contributed by atoms with Gasteiger partial charge in [0.25, 0.3) is 5.91 Å². The van der Waals surface area contributed by atoms with E-state index in [1.165, 1.54) is 0 Å². The van der Waals surface area contributed by atoms with Gasteiger partial charge in [-0.05, 0) is 47.5 Å². The second-order valence-corrected chi connectivity index (χ2v) is 6.96. The Morgan fingerprint density at radius 1 is 0.933 bits per heavy atom. The van der Waals surface area contributed by atoms with Gasteiger partial charge in [-0.3, -0.25) is 9.59 Å². The van der Waals surface area contributed by atoms with Crippen LogP contribution in [0.15, 0.2) is 60.7 Å². The quantitative estimate of drug-likeness (QED) is 0.528. The molecule has 0 aliphatic carbocycles. The maximum atomic E-state index is 12.4. The number of anilines is 1. The molecule has 0 bridgehead atoms. The summed E-state index contributed by atoms with van der Waals surface area (Å²) in [6, 6.07) is 19.0. The molecule has 156 valence electrons. The number of benzene rings is 3. The number of methoxy groups -OCH3 is 1. The van der Waals surface area contributed by atoms with Crippen LogP contribution in [-0.4, -0.2) is 38.7 Å². The standard InChI is InChI=1S/C24H26N2O4/c1-17-7-10-21(22(15-17)30-14-13-29-2)26-23(27)11-12-25-24(28)20-9-8-18-5-3-4-6-19(18)16-20/h3-10,15-16H,11-14H2,1-2H3,(H,25,28)(H,26,27). The highest BCUT2D eigenvalue weighted by Gasteiger charge is 2.10. The number of nitrogens with one attached hydrogen (secondary N) is 2. The third-order valence-electron chi connectivity index (χ3n) is 4.61. The number of hydrogen-bond acceptors (Lipinski definition) is 4. The van der Waals surface area contributed by atoms with Gasteiger partial charge in [0.15, 0.2) is 0 Å². The molecule has 2 amide bonds. The molecular weight excluding hydrogens is 380 g/mol. The Kier molecular flexibility index (Phi) is 7.40. The molecule has 30 heavy (non-hydrogen) atoms. The third-order valence-corrected chi connectivity index (χ3v) is 4.61. The van der Waals surface area contributed by atoms with E-state index in [0.29, 0.717) is 30.2 Å². The first-order chi connectivity index (χ1) is 14.6. The van der Waals surface area contributed by atoms with Crippen molar-refractivity contribution in [3.63, 3.8) is 0 Å². The normalized spacial score (nSPS) is 10.6. The molecule has 0 saturated heterocycles. The van der Waals surface area contributed by atoms with E-state index in [-0.39, 0.29) is 24.8 Å². The maximum Gasteiger partial charge on any atom is 0.251 e. The van der Waals surface area contributed by atoms with Crippen LogP contribution in [0.3, 0.4) is 0 Å². The van der Waals surface area contributed by atoms with E-state index in [2.05, 4.69) is 10.6 Å².